The summed E-state index contributed by atoms with van der Waals surface area (Å²) in [6.07, 6.45) is 9.03. The number of piperidine rings is 1. The van der Waals surface area contributed by atoms with Gasteiger partial charge in [-0.1, -0.05) is 19.4 Å². The topological polar surface area (TPSA) is 172 Å². The summed E-state index contributed by atoms with van der Waals surface area (Å²) in [5.41, 5.74) is 2.61. The molecule has 2 bridgehead atoms. The summed E-state index contributed by atoms with van der Waals surface area (Å²) < 4.78 is 13.3. The second-order valence-electron chi connectivity index (χ2n) is 16.1. The van der Waals surface area contributed by atoms with Crippen molar-refractivity contribution in [3.8, 4) is 22.6 Å². The monoisotopic (exact) mass is 789 g/mol. The minimum Gasteiger partial charge on any atom is -0.496 e. The maximum atomic E-state index is 14.2. The van der Waals surface area contributed by atoms with Gasteiger partial charge in [0.1, 0.15) is 17.5 Å². The van der Waals surface area contributed by atoms with Crippen molar-refractivity contribution in [2.75, 3.05) is 39.7 Å². The standard InChI is InChI=1S/C43H47N7O8/c1-6-7-15-49(43-22-42(23-43,24-43)46-31-10-8-9-27-37(31)41(56)50(40(27)55)32-11-12-35(51)45-38(32)53)36(52)21-47(2)19-30-33(57-4)16-25(17-34(30)58-5)29-20-48(3)39(54)28-18-44-14-13-26(28)29/h8-10,13-14,16-18,20,32,46H,6-7,11-12,15,19,21-24H2,1-5H3,(H,45,51,53). The van der Waals surface area contributed by atoms with Gasteiger partial charge in [0, 0.05) is 67.5 Å². The lowest BCUT2D eigenvalue weighted by Gasteiger charge is -2.74. The van der Waals surface area contributed by atoms with Crippen LogP contribution in [-0.2, 0) is 28.0 Å². The molecule has 0 radical (unpaired) electrons. The van der Waals surface area contributed by atoms with Crippen molar-refractivity contribution < 1.29 is 33.4 Å². The molecule has 0 spiro atoms. The maximum Gasteiger partial charge on any atom is 0.264 e. The quantitative estimate of drug-likeness (QED) is 0.178. The Morgan fingerprint density at radius 1 is 1.00 bits per heavy atom. The molecule has 2 aromatic carbocycles. The molecule has 5 aliphatic rings. The fourth-order valence-corrected chi connectivity index (χ4v) is 9.48. The lowest BCUT2D eigenvalue weighted by atomic mass is 9.43. The molecule has 4 aromatic rings. The van der Waals surface area contributed by atoms with Gasteiger partial charge < -0.3 is 24.3 Å². The highest BCUT2D eigenvalue weighted by Crippen LogP contribution is 2.65. The summed E-state index contributed by atoms with van der Waals surface area (Å²) in [6, 6.07) is 9.71. The number of anilines is 1. The number of pyridine rings is 2. The Morgan fingerprint density at radius 2 is 1.72 bits per heavy atom. The lowest BCUT2D eigenvalue weighted by molar-refractivity contribution is -0.176. The van der Waals surface area contributed by atoms with Crippen molar-refractivity contribution in [2.24, 2.45) is 7.05 Å². The van der Waals surface area contributed by atoms with E-state index < -0.39 is 29.7 Å². The van der Waals surface area contributed by atoms with E-state index in [9.17, 15) is 28.8 Å². The zero-order chi connectivity index (χ0) is 41.1. The Bertz CT molecular complexity index is 2420. The van der Waals surface area contributed by atoms with Gasteiger partial charge in [-0.3, -0.25) is 48.9 Å². The number of rotatable bonds is 14. The highest BCUT2D eigenvalue weighted by atomic mass is 16.5. The zero-order valence-corrected chi connectivity index (χ0v) is 33.3. The Kier molecular flexibility index (Phi) is 9.82. The molecule has 2 aliphatic heterocycles. The number of methoxy groups -OCH3 is 2. The van der Waals surface area contributed by atoms with Crippen LogP contribution in [-0.4, -0.2) is 105 Å². The normalized spacial score (nSPS) is 22.0. The second-order valence-corrected chi connectivity index (χ2v) is 16.1. The highest BCUT2D eigenvalue weighted by Gasteiger charge is 2.71. The molecule has 5 amide bonds. The van der Waals surface area contributed by atoms with Crippen LogP contribution < -0.4 is 25.7 Å². The van der Waals surface area contributed by atoms with Crippen LogP contribution in [0.1, 0.15) is 78.1 Å². The number of aromatic nitrogens is 2. The minimum absolute atomic E-state index is 0.0188. The molecular weight excluding hydrogens is 743 g/mol. The molecule has 1 atom stereocenters. The number of aryl methyl sites for hydroxylation is 1. The van der Waals surface area contributed by atoms with Gasteiger partial charge in [0.2, 0.25) is 17.7 Å². The third-order valence-electron chi connectivity index (χ3n) is 12.2. The largest absolute Gasteiger partial charge is 0.496 e. The number of fused-ring (bicyclic) bond motifs is 2. The molecule has 4 heterocycles. The molecule has 15 heteroatoms. The van der Waals surface area contributed by atoms with E-state index in [-0.39, 0.29) is 53.1 Å². The van der Waals surface area contributed by atoms with Crippen LogP contribution in [0.2, 0.25) is 0 Å². The molecule has 2 aromatic heterocycles. The smallest absolute Gasteiger partial charge is 0.264 e. The number of hydrogen-bond acceptors (Lipinski definition) is 11. The lowest BCUT2D eigenvalue weighted by Crippen LogP contribution is -2.82. The first-order chi connectivity index (χ1) is 27.8. The Hall–Kier alpha value is -6.09. The number of nitrogens with zero attached hydrogens (tertiary/aromatic N) is 5. The van der Waals surface area contributed by atoms with Crippen LogP contribution in [0.4, 0.5) is 5.69 Å². The van der Waals surface area contributed by atoms with Crippen LogP contribution in [0.3, 0.4) is 0 Å². The third-order valence-corrected chi connectivity index (χ3v) is 12.2. The average Bonchev–Trinajstić information content (AvgIpc) is 3.43. The van der Waals surface area contributed by atoms with Crippen LogP contribution in [0, 0.1) is 0 Å². The van der Waals surface area contributed by atoms with Crippen LogP contribution in [0.15, 0.2) is 59.8 Å². The fraction of sp³-hybridized carbons (Fsp3) is 0.419. The Balaban J connectivity index is 0.965. The molecule has 2 N–H and O–H groups in total. The number of carbonyl (C=O) groups is 5. The van der Waals surface area contributed by atoms with Gasteiger partial charge in [-0.15, -0.1) is 0 Å². The van der Waals surface area contributed by atoms with E-state index in [1.54, 1.807) is 58.1 Å². The van der Waals surface area contributed by atoms with Crippen molar-refractivity contribution in [2.45, 2.75) is 75.5 Å². The highest BCUT2D eigenvalue weighted by molar-refractivity contribution is 6.25. The fourth-order valence-electron chi connectivity index (χ4n) is 9.48. The molecule has 302 valence electrons. The number of likely N-dealkylation sites (N-methyl/N-ethyl adjacent to an activating group) is 1. The Labute approximate surface area is 335 Å². The summed E-state index contributed by atoms with van der Waals surface area (Å²) in [6.45, 7) is 3.26. The van der Waals surface area contributed by atoms with Gasteiger partial charge in [0.25, 0.3) is 17.4 Å². The van der Waals surface area contributed by atoms with E-state index in [1.807, 2.05) is 35.0 Å². The summed E-state index contributed by atoms with van der Waals surface area (Å²) in [4.78, 5) is 87.6. The molecule has 9 rings (SSSR count). The first-order valence-corrected chi connectivity index (χ1v) is 19.6. The molecule has 3 aliphatic carbocycles. The number of nitrogens with one attached hydrogen (secondary N) is 2. The predicted molar refractivity (Wildman–Crippen MR) is 215 cm³/mol. The van der Waals surface area contributed by atoms with Gasteiger partial charge in [0.15, 0.2) is 0 Å². The summed E-state index contributed by atoms with van der Waals surface area (Å²) in [5, 5.41) is 7.09. The van der Waals surface area contributed by atoms with Crippen molar-refractivity contribution in [1.82, 2.24) is 29.6 Å². The first kappa shape index (κ1) is 38.8. The van der Waals surface area contributed by atoms with E-state index in [2.05, 4.69) is 22.5 Å². The van der Waals surface area contributed by atoms with Gasteiger partial charge >= 0.3 is 0 Å². The minimum atomic E-state index is -1.04. The predicted octanol–water partition coefficient (Wildman–Crippen LogP) is 3.87. The summed E-state index contributed by atoms with van der Waals surface area (Å²) in [5.74, 6) is -0.970. The van der Waals surface area contributed by atoms with Gasteiger partial charge in [-0.2, -0.15) is 0 Å². The van der Waals surface area contributed by atoms with Crippen molar-refractivity contribution in [1.29, 1.82) is 0 Å². The van der Waals surface area contributed by atoms with E-state index in [0.29, 0.717) is 54.9 Å². The van der Waals surface area contributed by atoms with E-state index in [1.165, 1.54) is 4.57 Å². The van der Waals surface area contributed by atoms with Crippen molar-refractivity contribution in [3.05, 3.63) is 82.0 Å². The average molecular weight is 790 g/mol. The third kappa shape index (κ3) is 6.37. The van der Waals surface area contributed by atoms with E-state index in [4.69, 9.17) is 9.47 Å². The number of unbranched alkanes of at least 4 members (excludes halogenated alkanes) is 1. The van der Waals surface area contributed by atoms with Crippen molar-refractivity contribution >= 4 is 46.0 Å². The van der Waals surface area contributed by atoms with Gasteiger partial charge in [-0.25, -0.2) is 0 Å². The SMILES string of the molecule is CCCCN(C(=O)CN(C)Cc1c(OC)cc(-c2cn(C)c(=O)c3cnccc23)cc1OC)C12CC(Nc3cccc4c3C(=O)N(C3CCC(=O)NC3=O)C4=O)(C1)C2. The summed E-state index contributed by atoms with van der Waals surface area (Å²) >= 11 is 0. The molecule has 4 fully saturated rings. The molecule has 1 unspecified atom stereocenters. The van der Waals surface area contributed by atoms with E-state index >= 15 is 0 Å². The molecule has 15 nitrogen and oxygen atoms in total. The van der Waals surface area contributed by atoms with Crippen LogP contribution in [0.5, 0.6) is 11.5 Å². The number of hydrogen-bond donors (Lipinski definition) is 2. The van der Waals surface area contributed by atoms with Gasteiger partial charge in [0.05, 0.1) is 42.8 Å². The van der Waals surface area contributed by atoms with Crippen molar-refractivity contribution in [3.63, 3.8) is 0 Å². The zero-order valence-electron chi connectivity index (χ0n) is 33.3. The number of ether oxygens (including phenoxy) is 2. The Morgan fingerprint density at radius 3 is 2.40 bits per heavy atom. The molecule has 1 saturated heterocycles. The first-order valence-electron chi connectivity index (χ1n) is 19.6. The van der Waals surface area contributed by atoms with E-state index in [0.717, 1.165) is 39.8 Å². The van der Waals surface area contributed by atoms with Gasteiger partial charge in [-0.05, 0) is 80.4 Å². The number of carbonyl (C=O) groups excluding carboxylic acids is 5. The number of imide groups is 2. The van der Waals surface area contributed by atoms with Crippen LogP contribution >= 0.6 is 0 Å². The number of benzene rings is 2. The number of amides is 5. The summed E-state index contributed by atoms with van der Waals surface area (Å²) in [7, 11) is 6.80. The maximum absolute atomic E-state index is 14.2. The van der Waals surface area contributed by atoms with Crippen LogP contribution in [0.25, 0.3) is 21.9 Å². The second kappa shape index (κ2) is 14.7. The molecule has 58 heavy (non-hydrogen) atoms. The molecular formula is C43H47N7O8. The molecule has 3 saturated carbocycles.